The lowest BCUT2D eigenvalue weighted by Crippen LogP contribution is -2.51. The molecule has 2 heterocycles. The van der Waals surface area contributed by atoms with E-state index in [9.17, 15) is 0 Å². The van der Waals surface area contributed by atoms with Gasteiger partial charge in [0.15, 0.2) is 5.96 Å². The zero-order chi connectivity index (χ0) is 17.6. The Morgan fingerprint density at radius 3 is 2.35 bits per heavy atom. The van der Waals surface area contributed by atoms with Crippen molar-refractivity contribution in [2.45, 2.75) is 6.04 Å². The van der Waals surface area contributed by atoms with Gasteiger partial charge in [-0.2, -0.15) is 0 Å². The molecule has 0 radical (unpaired) electrons. The first-order valence-corrected chi connectivity index (χ1v) is 8.37. The van der Waals surface area contributed by atoms with Crippen LogP contribution < -0.4 is 10.6 Å². The summed E-state index contributed by atoms with van der Waals surface area (Å²) in [5, 5.41) is 0.663. The summed E-state index contributed by atoms with van der Waals surface area (Å²) in [5.41, 5.74) is 7.08. The van der Waals surface area contributed by atoms with Crippen molar-refractivity contribution in [3.8, 4) is 12.3 Å². The maximum Gasteiger partial charge on any atom is 0.225 e. The molecule has 1 aromatic heterocycles. The molecule has 2 N–H and O–H groups in total. The molecule has 2 aromatic rings. The van der Waals surface area contributed by atoms with Gasteiger partial charge in [-0.25, -0.2) is 15.0 Å². The molecule has 0 saturated carbocycles. The van der Waals surface area contributed by atoms with Gasteiger partial charge in [0.1, 0.15) is 6.04 Å². The predicted octanol–water partition coefficient (Wildman–Crippen LogP) is 2.56. The molecule has 1 unspecified atom stereocenters. The standard InChI is InChI=1S/C18H19ClN6.HI/c1-2-16(14-4-6-15(19)7-5-14)23-17(20)24-10-12-25(13-11-24)18-21-8-3-9-22-18;/h1,3-9,16H,10-13H2,(H2,20,23);1H. The third-order valence-electron chi connectivity index (χ3n) is 4.04. The van der Waals surface area contributed by atoms with Crippen molar-refractivity contribution in [2.24, 2.45) is 10.7 Å². The number of guanidine groups is 1. The Hall–Kier alpha value is -2.05. The summed E-state index contributed by atoms with van der Waals surface area (Å²) < 4.78 is 0. The molecule has 26 heavy (non-hydrogen) atoms. The van der Waals surface area contributed by atoms with Crippen LogP contribution in [0.25, 0.3) is 0 Å². The Kier molecular flexibility index (Phi) is 7.48. The Morgan fingerprint density at radius 2 is 1.77 bits per heavy atom. The molecule has 1 aliphatic rings. The van der Waals surface area contributed by atoms with E-state index in [1.54, 1.807) is 30.6 Å². The third kappa shape index (κ3) is 4.99. The lowest BCUT2D eigenvalue weighted by Gasteiger charge is -2.35. The maximum absolute atomic E-state index is 6.18. The van der Waals surface area contributed by atoms with Crippen LogP contribution in [0.5, 0.6) is 0 Å². The summed E-state index contributed by atoms with van der Waals surface area (Å²) in [5.74, 6) is 3.86. The molecule has 0 spiro atoms. The van der Waals surface area contributed by atoms with Crippen LogP contribution in [0, 0.1) is 12.3 Å². The molecule has 136 valence electrons. The lowest BCUT2D eigenvalue weighted by molar-refractivity contribution is 0.377. The van der Waals surface area contributed by atoms with E-state index in [4.69, 9.17) is 23.8 Å². The van der Waals surface area contributed by atoms with Gasteiger partial charge in [-0.1, -0.05) is 29.7 Å². The number of terminal acetylenes is 1. The van der Waals surface area contributed by atoms with E-state index < -0.39 is 6.04 Å². The normalized spacial score (nSPS) is 15.8. The molecule has 6 nitrogen and oxygen atoms in total. The van der Waals surface area contributed by atoms with Gasteiger partial charge in [0.2, 0.25) is 5.95 Å². The summed E-state index contributed by atoms with van der Waals surface area (Å²) in [7, 11) is 0. The number of aromatic nitrogens is 2. The number of piperazine rings is 1. The molecule has 0 bridgehead atoms. The highest BCUT2D eigenvalue weighted by Gasteiger charge is 2.20. The number of nitrogens with two attached hydrogens (primary N) is 1. The van der Waals surface area contributed by atoms with Gasteiger partial charge >= 0.3 is 0 Å². The molecule has 8 heteroatoms. The van der Waals surface area contributed by atoms with E-state index in [1.165, 1.54) is 0 Å². The molecule has 1 atom stereocenters. The Balaban J connectivity index is 0.00000243. The van der Waals surface area contributed by atoms with E-state index in [0.29, 0.717) is 11.0 Å². The van der Waals surface area contributed by atoms with Crippen molar-refractivity contribution in [3.05, 3.63) is 53.3 Å². The second-order valence-corrected chi connectivity index (χ2v) is 6.07. The van der Waals surface area contributed by atoms with E-state index in [2.05, 4.69) is 25.8 Å². The Morgan fingerprint density at radius 1 is 1.15 bits per heavy atom. The summed E-state index contributed by atoms with van der Waals surface area (Å²) in [6.07, 6.45) is 9.12. The highest BCUT2D eigenvalue weighted by Crippen LogP contribution is 2.19. The summed E-state index contributed by atoms with van der Waals surface area (Å²) >= 11 is 5.92. The SMILES string of the molecule is C#CC(N=C(N)N1CCN(c2ncccn2)CC1)c1ccc(Cl)cc1.I. The Labute approximate surface area is 175 Å². The summed E-state index contributed by atoms with van der Waals surface area (Å²) in [6.45, 7) is 3.04. The van der Waals surface area contributed by atoms with Crippen LogP contribution in [-0.4, -0.2) is 47.0 Å². The number of rotatable bonds is 3. The number of hydrogen-bond donors (Lipinski definition) is 1. The largest absolute Gasteiger partial charge is 0.370 e. The summed E-state index contributed by atoms with van der Waals surface area (Å²) in [4.78, 5) is 17.2. The minimum atomic E-state index is -0.423. The van der Waals surface area contributed by atoms with Gasteiger partial charge in [-0.15, -0.1) is 30.4 Å². The molecule has 3 rings (SSSR count). The zero-order valence-electron chi connectivity index (χ0n) is 14.1. The van der Waals surface area contributed by atoms with Crippen molar-refractivity contribution < 1.29 is 0 Å². The van der Waals surface area contributed by atoms with Gasteiger partial charge in [0.25, 0.3) is 0 Å². The number of halogens is 2. The van der Waals surface area contributed by atoms with Gasteiger partial charge in [0.05, 0.1) is 0 Å². The topological polar surface area (TPSA) is 70.6 Å². The Bertz CT molecular complexity index is 767. The minimum Gasteiger partial charge on any atom is -0.370 e. The van der Waals surface area contributed by atoms with Crippen LogP contribution in [-0.2, 0) is 0 Å². The number of nitrogens with zero attached hydrogens (tertiary/aromatic N) is 5. The van der Waals surface area contributed by atoms with E-state index >= 15 is 0 Å². The van der Waals surface area contributed by atoms with Crippen molar-refractivity contribution in [2.75, 3.05) is 31.1 Å². The smallest absolute Gasteiger partial charge is 0.225 e. The fourth-order valence-corrected chi connectivity index (χ4v) is 2.78. The first kappa shape index (κ1) is 20.3. The minimum absolute atomic E-state index is 0. The molecule has 1 aromatic carbocycles. The zero-order valence-corrected chi connectivity index (χ0v) is 17.2. The average molecular weight is 483 g/mol. The van der Waals surface area contributed by atoms with E-state index in [-0.39, 0.29) is 24.0 Å². The van der Waals surface area contributed by atoms with Crippen LogP contribution in [0.1, 0.15) is 11.6 Å². The monoisotopic (exact) mass is 482 g/mol. The van der Waals surface area contributed by atoms with Crippen LogP contribution in [0.3, 0.4) is 0 Å². The first-order chi connectivity index (χ1) is 12.2. The van der Waals surface area contributed by atoms with E-state index in [0.717, 1.165) is 37.7 Å². The van der Waals surface area contributed by atoms with Gasteiger partial charge in [-0.05, 0) is 23.8 Å². The van der Waals surface area contributed by atoms with Crippen LogP contribution >= 0.6 is 35.6 Å². The fourth-order valence-electron chi connectivity index (χ4n) is 2.66. The average Bonchev–Trinajstić information content (AvgIpc) is 2.67. The van der Waals surface area contributed by atoms with Gasteiger partial charge < -0.3 is 15.5 Å². The van der Waals surface area contributed by atoms with Crippen molar-refractivity contribution in [1.29, 1.82) is 0 Å². The lowest BCUT2D eigenvalue weighted by atomic mass is 10.1. The molecule has 1 fully saturated rings. The quantitative estimate of drug-likeness (QED) is 0.315. The van der Waals surface area contributed by atoms with Gasteiger partial charge in [-0.3, -0.25) is 0 Å². The second-order valence-electron chi connectivity index (χ2n) is 5.63. The number of aliphatic imine (C=N–C) groups is 1. The summed E-state index contributed by atoms with van der Waals surface area (Å²) in [6, 6.07) is 8.72. The fraction of sp³-hybridized carbons (Fsp3) is 0.278. The van der Waals surface area contributed by atoms with Crippen LogP contribution in [0.4, 0.5) is 5.95 Å². The van der Waals surface area contributed by atoms with Crippen molar-refractivity contribution in [1.82, 2.24) is 14.9 Å². The highest BCUT2D eigenvalue weighted by atomic mass is 127. The number of anilines is 1. The molecule has 1 aliphatic heterocycles. The molecular weight excluding hydrogens is 463 g/mol. The number of benzene rings is 1. The molecule has 0 aliphatic carbocycles. The number of hydrogen-bond acceptors (Lipinski definition) is 4. The van der Waals surface area contributed by atoms with Crippen LogP contribution in [0.15, 0.2) is 47.7 Å². The van der Waals surface area contributed by atoms with Gasteiger partial charge in [0, 0.05) is 43.6 Å². The molecule has 0 amide bonds. The third-order valence-corrected chi connectivity index (χ3v) is 4.30. The highest BCUT2D eigenvalue weighted by molar-refractivity contribution is 14.0. The van der Waals surface area contributed by atoms with Crippen molar-refractivity contribution >= 4 is 47.5 Å². The molecule has 1 saturated heterocycles. The first-order valence-electron chi connectivity index (χ1n) is 7.99. The van der Waals surface area contributed by atoms with Crippen molar-refractivity contribution in [3.63, 3.8) is 0 Å². The van der Waals surface area contributed by atoms with Crippen LogP contribution in [0.2, 0.25) is 5.02 Å². The molecular formula is C18H20ClIN6. The predicted molar refractivity (Wildman–Crippen MR) is 116 cm³/mol. The van der Waals surface area contributed by atoms with E-state index in [1.807, 2.05) is 17.0 Å². The second kappa shape index (κ2) is 9.59. The maximum atomic E-state index is 6.18.